The molecule has 1 N–H and O–H groups in total. The van der Waals surface area contributed by atoms with Crippen LogP contribution in [0.15, 0.2) is 35.5 Å². The Bertz CT molecular complexity index is 925. The quantitative estimate of drug-likeness (QED) is 0.386. The van der Waals surface area contributed by atoms with Gasteiger partial charge in [0.25, 0.3) is 0 Å². The monoisotopic (exact) mass is 452 g/mol. The van der Waals surface area contributed by atoms with Gasteiger partial charge in [0.15, 0.2) is 0 Å². The highest BCUT2D eigenvalue weighted by Crippen LogP contribution is 2.70. The zero-order chi connectivity index (χ0) is 23.9. The third kappa shape index (κ3) is 3.27. The molecule has 0 bridgehead atoms. The fourth-order valence-electron chi connectivity index (χ4n) is 9.22. The highest BCUT2D eigenvalue weighted by atomic mass is 16.5. The number of aliphatic hydroxyl groups excluding tert-OH is 1. The van der Waals surface area contributed by atoms with Gasteiger partial charge in [-0.1, -0.05) is 58.4 Å². The average Bonchev–Trinajstić information content (AvgIpc) is 3.22. The van der Waals surface area contributed by atoms with E-state index in [4.69, 9.17) is 11.3 Å². The van der Waals surface area contributed by atoms with Gasteiger partial charge in [-0.3, -0.25) is 0 Å². The molecule has 0 radical (unpaired) electrons. The lowest BCUT2D eigenvalue weighted by atomic mass is 9.47. The first kappa shape index (κ1) is 23.4. The zero-order valence-corrected chi connectivity index (χ0v) is 21.6. The second kappa shape index (κ2) is 7.57. The Hall–Kier alpha value is -1.35. The van der Waals surface area contributed by atoms with Gasteiger partial charge in [0.2, 0.25) is 0 Å². The molecule has 0 saturated heterocycles. The standard InChI is InChI=1S/C30H44O3/c1-17(14-20-15-18(2)27(32)33-20)21-10-12-29(6)22-8-9-25-28(4,5)26(31)11-13-30(25,7)24(22)16-23(29)19(21)3/h8,15,17,20-21,23-26,31H,3,9-14,16H2,1-2,4-7H3/t17-,20-,21-,23?,24+,25+,26-,29+,30-/m1/s1. The SMILES string of the molecule is C=C1C2C[C@H]3C(=CC[C@H]4C(C)(C)[C@H](O)CC[C@]34C)[C@]2(C)CC[C@@H]1[C@H](C)C[C@@H]1C=C(C)C(=O)O1. The van der Waals surface area contributed by atoms with E-state index >= 15 is 0 Å². The second-order valence-corrected chi connectivity index (χ2v) is 13.3. The lowest BCUT2D eigenvalue weighted by molar-refractivity contribution is -0.140. The first-order valence-corrected chi connectivity index (χ1v) is 13.4. The normalized spacial score (nSPS) is 47.1. The minimum absolute atomic E-state index is 0.0257. The summed E-state index contributed by atoms with van der Waals surface area (Å²) in [5.74, 6) is 2.52. The van der Waals surface area contributed by atoms with E-state index in [-0.39, 0.29) is 34.4 Å². The van der Waals surface area contributed by atoms with Gasteiger partial charge in [-0.2, -0.15) is 0 Å². The predicted molar refractivity (Wildman–Crippen MR) is 132 cm³/mol. The van der Waals surface area contributed by atoms with Crippen LogP contribution in [0, 0.1) is 45.8 Å². The van der Waals surface area contributed by atoms with E-state index in [9.17, 15) is 9.90 Å². The van der Waals surface area contributed by atoms with Gasteiger partial charge in [-0.05, 0) is 104 Å². The number of hydrogen-bond acceptors (Lipinski definition) is 3. The number of hydrogen-bond donors (Lipinski definition) is 1. The highest BCUT2D eigenvalue weighted by Gasteiger charge is 2.62. The summed E-state index contributed by atoms with van der Waals surface area (Å²) in [6.45, 7) is 18.6. The first-order chi connectivity index (χ1) is 15.4. The number of carbonyl (C=O) groups is 1. The van der Waals surface area contributed by atoms with Crippen LogP contribution in [0.2, 0.25) is 0 Å². The molecule has 3 saturated carbocycles. The molecule has 1 aliphatic heterocycles. The number of fused-ring (bicyclic) bond motifs is 5. The first-order valence-electron chi connectivity index (χ1n) is 13.4. The summed E-state index contributed by atoms with van der Waals surface area (Å²) in [6.07, 6.45) is 12.1. The fraction of sp³-hybridized carbons (Fsp3) is 0.767. The van der Waals surface area contributed by atoms with Crippen molar-refractivity contribution < 1.29 is 14.6 Å². The summed E-state index contributed by atoms with van der Waals surface area (Å²) < 4.78 is 5.56. The number of rotatable bonds is 3. The topological polar surface area (TPSA) is 46.5 Å². The average molecular weight is 453 g/mol. The summed E-state index contributed by atoms with van der Waals surface area (Å²) >= 11 is 0. The fourth-order valence-corrected chi connectivity index (χ4v) is 9.22. The number of carbonyl (C=O) groups excluding carboxylic acids is 1. The molecule has 9 atom stereocenters. The summed E-state index contributed by atoms with van der Waals surface area (Å²) in [4.78, 5) is 11.8. The van der Waals surface area contributed by atoms with Crippen molar-refractivity contribution in [1.29, 1.82) is 0 Å². The molecule has 5 aliphatic rings. The van der Waals surface area contributed by atoms with Crippen LogP contribution >= 0.6 is 0 Å². The third-order valence-corrected chi connectivity index (χ3v) is 11.4. The lowest BCUT2D eigenvalue weighted by Crippen LogP contribution is -2.54. The molecule has 3 heteroatoms. The van der Waals surface area contributed by atoms with Crippen molar-refractivity contribution >= 4 is 5.97 Å². The Morgan fingerprint density at radius 1 is 1.18 bits per heavy atom. The highest BCUT2D eigenvalue weighted by molar-refractivity contribution is 5.90. The van der Waals surface area contributed by atoms with Gasteiger partial charge in [0.1, 0.15) is 6.10 Å². The number of cyclic esters (lactones) is 1. The van der Waals surface area contributed by atoms with Crippen molar-refractivity contribution in [3.63, 3.8) is 0 Å². The Morgan fingerprint density at radius 3 is 2.58 bits per heavy atom. The van der Waals surface area contributed by atoms with E-state index < -0.39 is 0 Å². The Labute approximate surface area is 200 Å². The lowest BCUT2D eigenvalue weighted by Gasteiger charge is -2.58. The predicted octanol–water partition coefficient (Wildman–Crippen LogP) is 6.63. The molecular formula is C30H44O3. The summed E-state index contributed by atoms with van der Waals surface area (Å²) in [5.41, 5.74) is 4.40. The van der Waals surface area contributed by atoms with Crippen molar-refractivity contribution in [1.82, 2.24) is 0 Å². The summed E-state index contributed by atoms with van der Waals surface area (Å²) in [6, 6.07) is 0. The van der Waals surface area contributed by atoms with E-state index in [1.165, 1.54) is 24.8 Å². The van der Waals surface area contributed by atoms with Crippen molar-refractivity contribution in [2.45, 2.75) is 98.7 Å². The molecule has 182 valence electrons. The molecule has 1 unspecified atom stereocenters. The molecule has 5 rings (SSSR count). The van der Waals surface area contributed by atoms with E-state index in [1.54, 1.807) is 5.57 Å². The van der Waals surface area contributed by atoms with Gasteiger partial charge in [-0.15, -0.1) is 0 Å². The minimum Gasteiger partial charge on any atom is -0.455 e. The van der Waals surface area contributed by atoms with Crippen LogP contribution in [0.4, 0.5) is 0 Å². The van der Waals surface area contributed by atoms with Crippen molar-refractivity contribution in [3.05, 3.63) is 35.5 Å². The van der Waals surface area contributed by atoms with E-state index in [0.717, 1.165) is 31.3 Å². The molecule has 0 aromatic heterocycles. The molecule has 3 nitrogen and oxygen atoms in total. The van der Waals surface area contributed by atoms with E-state index in [2.05, 4.69) is 40.7 Å². The van der Waals surface area contributed by atoms with E-state index in [0.29, 0.717) is 29.6 Å². The van der Waals surface area contributed by atoms with Crippen LogP contribution in [-0.4, -0.2) is 23.3 Å². The van der Waals surface area contributed by atoms with Crippen LogP contribution < -0.4 is 0 Å². The van der Waals surface area contributed by atoms with Crippen LogP contribution in [0.1, 0.15) is 86.5 Å². The Morgan fingerprint density at radius 2 is 1.91 bits per heavy atom. The number of esters is 1. The molecule has 1 heterocycles. The van der Waals surface area contributed by atoms with Crippen LogP contribution in [0.3, 0.4) is 0 Å². The molecule has 3 fully saturated rings. The van der Waals surface area contributed by atoms with Gasteiger partial charge in [0, 0.05) is 5.57 Å². The van der Waals surface area contributed by atoms with Crippen molar-refractivity contribution in [2.75, 3.05) is 0 Å². The van der Waals surface area contributed by atoms with Gasteiger partial charge in [-0.25, -0.2) is 4.79 Å². The molecule has 33 heavy (non-hydrogen) atoms. The minimum atomic E-state index is -0.188. The van der Waals surface area contributed by atoms with Crippen molar-refractivity contribution in [3.8, 4) is 0 Å². The molecular weight excluding hydrogens is 408 g/mol. The zero-order valence-electron chi connectivity index (χ0n) is 21.6. The number of ether oxygens (including phenoxy) is 1. The van der Waals surface area contributed by atoms with Gasteiger partial charge < -0.3 is 9.84 Å². The summed E-state index contributed by atoms with van der Waals surface area (Å²) in [7, 11) is 0. The third-order valence-electron chi connectivity index (χ3n) is 11.4. The molecule has 0 aromatic carbocycles. The summed E-state index contributed by atoms with van der Waals surface area (Å²) in [5, 5.41) is 10.8. The van der Waals surface area contributed by atoms with E-state index in [1.807, 2.05) is 13.0 Å². The van der Waals surface area contributed by atoms with Crippen LogP contribution in [-0.2, 0) is 9.53 Å². The second-order valence-electron chi connectivity index (χ2n) is 13.3. The van der Waals surface area contributed by atoms with Crippen LogP contribution in [0.5, 0.6) is 0 Å². The molecule has 0 spiro atoms. The largest absolute Gasteiger partial charge is 0.455 e. The van der Waals surface area contributed by atoms with Crippen molar-refractivity contribution in [2.24, 2.45) is 45.8 Å². The maximum Gasteiger partial charge on any atom is 0.334 e. The number of allylic oxidation sites excluding steroid dienone is 3. The Kier molecular flexibility index (Phi) is 5.37. The molecule has 4 aliphatic carbocycles. The molecule has 0 amide bonds. The molecule has 0 aromatic rings. The van der Waals surface area contributed by atoms with Crippen LogP contribution in [0.25, 0.3) is 0 Å². The smallest absolute Gasteiger partial charge is 0.334 e. The maximum absolute atomic E-state index is 11.8. The van der Waals surface area contributed by atoms with Gasteiger partial charge >= 0.3 is 5.97 Å². The van der Waals surface area contributed by atoms with Gasteiger partial charge in [0.05, 0.1) is 6.10 Å². The number of aliphatic hydroxyl groups is 1. The Balaban J connectivity index is 1.38. The maximum atomic E-state index is 11.8.